The number of aliphatic carboxylic acids is 1. The third kappa shape index (κ3) is 5.72. The van der Waals surface area contributed by atoms with Gasteiger partial charge in [-0.15, -0.1) is 0 Å². The second-order valence-electron chi connectivity index (χ2n) is 11.0. The lowest BCUT2D eigenvalue weighted by atomic mass is 9.86. The Labute approximate surface area is 268 Å². The molecule has 0 amide bonds. The number of ether oxygens (including phenoxy) is 2. The number of nitrogen functional groups attached to an aromatic ring is 1. The average molecular weight is 644 g/mol. The number of aromatic nitrogens is 4. The van der Waals surface area contributed by atoms with Crippen LogP contribution < -0.4 is 5.73 Å². The van der Waals surface area contributed by atoms with Crippen molar-refractivity contribution < 1.29 is 34.4 Å². The number of anilines is 1. The van der Waals surface area contributed by atoms with Crippen molar-refractivity contribution in [1.82, 2.24) is 19.5 Å². The van der Waals surface area contributed by atoms with Gasteiger partial charge >= 0.3 is 5.97 Å². The quantitative estimate of drug-likeness (QED) is 0.128. The number of aliphatic hydroxyl groups is 2. The number of nitrogens with two attached hydrogens (primary N) is 1. The van der Waals surface area contributed by atoms with Crippen LogP contribution in [0.1, 0.15) is 34.6 Å². The van der Waals surface area contributed by atoms with Crippen molar-refractivity contribution >= 4 is 40.3 Å². The number of benzene rings is 3. The summed E-state index contributed by atoms with van der Waals surface area (Å²) in [6.45, 7) is 1.12. The number of carbonyl (C=O) groups excluding carboxylic acids is 1. The predicted octanol–water partition coefficient (Wildman–Crippen LogP) is 3.79. The van der Waals surface area contributed by atoms with Crippen LogP contribution in [0.5, 0.6) is 0 Å². The van der Waals surface area contributed by atoms with Crippen LogP contribution in [0.3, 0.4) is 0 Å². The zero-order valence-electron chi connectivity index (χ0n) is 24.5. The normalized spacial score (nSPS) is 20.9. The van der Waals surface area contributed by atoms with Gasteiger partial charge in [0.1, 0.15) is 23.8 Å². The molecular formula is C33H30ClN5O7. The van der Waals surface area contributed by atoms with E-state index in [1.54, 1.807) is 54.6 Å². The molecule has 0 spiro atoms. The largest absolute Gasteiger partial charge is 0.479 e. The molecule has 1 aliphatic rings. The lowest BCUT2D eigenvalue weighted by Gasteiger charge is -2.32. The number of hydrogen-bond acceptors (Lipinski definition) is 10. The minimum Gasteiger partial charge on any atom is -0.479 e. The van der Waals surface area contributed by atoms with Crippen LogP contribution in [-0.4, -0.2) is 71.5 Å². The molecule has 1 saturated heterocycles. The third-order valence-corrected chi connectivity index (χ3v) is 8.31. The first-order chi connectivity index (χ1) is 22.1. The molecule has 3 aromatic carbocycles. The molecule has 0 radical (unpaired) electrons. The first kappa shape index (κ1) is 31.3. The van der Waals surface area contributed by atoms with E-state index in [0.717, 1.165) is 11.1 Å². The van der Waals surface area contributed by atoms with Crippen molar-refractivity contribution in [3.63, 3.8) is 0 Å². The van der Waals surface area contributed by atoms with E-state index in [1.165, 1.54) is 17.8 Å². The molecule has 46 heavy (non-hydrogen) atoms. The number of nitrogens with zero attached hydrogens (tertiary/aromatic N) is 4. The molecule has 236 valence electrons. The summed E-state index contributed by atoms with van der Waals surface area (Å²) in [6, 6.07) is 23.0. The van der Waals surface area contributed by atoms with Crippen LogP contribution in [-0.2, 0) is 26.3 Å². The smallest absolute Gasteiger partial charge is 0.341 e. The molecule has 13 heteroatoms. The number of halogens is 1. The molecule has 2 aromatic heterocycles. The highest BCUT2D eigenvalue weighted by molar-refractivity contribution is 6.28. The van der Waals surface area contributed by atoms with Gasteiger partial charge in [0.05, 0.1) is 12.9 Å². The number of carbonyl (C=O) groups is 2. The lowest BCUT2D eigenvalue weighted by Crippen LogP contribution is -2.44. The van der Waals surface area contributed by atoms with Gasteiger partial charge in [-0.3, -0.25) is 9.36 Å². The van der Waals surface area contributed by atoms with E-state index in [9.17, 15) is 24.9 Å². The van der Waals surface area contributed by atoms with Crippen molar-refractivity contribution in [2.75, 3.05) is 12.3 Å². The predicted molar refractivity (Wildman–Crippen MR) is 168 cm³/mol. The second-order valence-corrected chi connectivity index (χ2v) is 11.4. The Kier molecular flexibility index (Phi) is 8.55. The molecule has 3 heterocycles. The third-order valence-electron chi connectivity index (χ3n) is 8.14. The zero-order valence-corrected chi connectivity index (χ0v) is 25.3. The number of imidazole rings is 1. The Hall–Kier alpha value is -4.72. The van der Waals surface area contributed by atoms with E-state index in [1.807, 2.05) is 24.3 Å². The van der Waals surface area contributed by atoms with Gasteiger partial charge in [-0.05, 0) is 40.8 Å². The fourth-order valence-electron chi connectivity index (χ4n) is 5.75. The summed E-state index contributed by atoms with van der Waals surface area (Å²) in [5.41, 5.74) is 7.63. The maximum Gasteiger partial charge on any atom is 0.341 e. The van der Waals surface area contributed by atoms with Crippen LogP contribution >= 0.6 is 11.6 Å². The zero-order chi connectivity index (χ0) is 32.6. The monoisotopic (exact) mass is 643 g/mol. The molecule has 5 atom stereocenters. The number of carboxylic acids is 1. The molecular weight excluding hydrogens is 614 g/mol. The summed E-state index contributed by atoms with van der Waals surface area (Å²) in [5.74, 6) is -1.28. The number of carboxylic acid groups (broad SMARTS) is 1. The molecule has 0 bridgehead atoms. The maximum atomic E-state index is 13.1. The topological polar surface area (TPSA) is 183 Å². The highest BCUT2D eigenvalue weighted by Gasteiger charge is 2.48. The minimum absolute atomic E-state index is 0.0341. The van der Waals surface area contributed by atoms with Crippen molar-refractivity contribution in [3.8, 4) is 11.1 Å². The summed E-state index contributed by atoms with van der Waals surface area (Å²) < 4.78 is 13.6. The number of fused-ring (bicyclic) bond motifs is 1. The number of Topliss-reactive ketones (excluding diaryl/α,β-unsaturated/α-hetero) is 1. The Morgan fingerprint density at radius 2 is 1.70 bits per heavy atom. The summed E-state index contributed by atoms with van der Waals surface area (Å²) in [4.78, 5) is 37.4. The van der Waals surface area contributed by atoms with Gasteiger partial charge in [-0.25, -0.2) is 9.78 Å². The Morgan fingerprint density at radius 3 is 2.39 bits per heavy atom. The van der Waals surface area contributed by atoms with Crippen molar-refractivity contribution in [3.05, 3.63) is 107 Å². The first-order valence-corrected chi connectivity index (χ1v) is 14.8. The van der Waals surface area contributed by atoms with E-state index in [0.29, 0.717) is 16.7 Å². The number of aliphatic hydroxyl groups excluding tert-OH is 2. The average Bonchev–Trinajstić information content (AvgIpc) is 3.59. The highest BCUT2D eigenvalue weighted by atomic mass is 35.5. The Balaban J connectivity index is 1.28. The lowest BCUT2D eigenvalue weighted by molar-refractivity contribution is -0.176. The van der Waals surface area contributed by atoms with Crippen LogP contribution in [0.25, 0.3) is 22.3 Å². The molecule has 6 rings (SSSR count). The van der Waals surface area contributed by atoms with Crippen molar-refractivity contribution in [2.24, 2.45) is 0 Å². The number of hydrogen-bond donors (Lipinski definition) is 4. The van der Waals surface area contributed by atoms with Crippen LogP contribution in [0.2, 0.25) is 5.28 Å². The highest BCUT2D eigenvalue weighted by Crippen LogP contribution is 2.36. The van der Waals surface area contributed by atoms with Gasteiger partial charge < -0.3 is 30.5 Å². The SMILES string of the molecule is CC(=O)c1ccccc1-c1ccc(CC(OC[C@H]2O[C@@H](n3cnc4c(N)nc(Cl)nc43)[C@H](O)[C@@H]2O)(C(=O)O)c2ccccc2)cc1. The van der Waals surface area contributed by atoms with Gasteiger partial charge in [0.25, 0.3) is 0 Å². The van der Waals surface area contributed by atoms with Crippen molar-refractivity contribution in [2.45, 2.75) is 43.5 Å². The summed E-state index contributed by atoms with van der Waals surface area (Å²) in [6.07, 6.45) is -3.90. The molecule has 5 aromatic rings. The number of ketones is 1. The second kappa shape index (κ2) is 12.6. The van der Waals surface area contributed by atoms with E-state index >= 15 is 0 Å². The van der Waals surface area contributed by atoms with Gasteiger partial charge in [0.15, 0.2) is 29.1 Å². The first-order valence-electron chi connectivity index (χ1n) is 14.4. The molecule has 1 unspecified atom stereocenters. The van der Waals surface area contributed by atoms with Gasteiger partial charge in [-0.2, -0.15) is 9.97 Å². The van der Waals surface area contributed by atoms with Crippen LogP contribution in [0.15, 0.2) is 85.2 Å². The Morgan fingerprint density at radius 1 is 1.00 bits per heavy atom. The Bertz CT molecular complexity index is 1900. The molecule has 12 nitrogen and oxygen atoms in total. The fourth-order valence-corrected chi connectivity index (χ4v) is 5.93. The minimum atomic E-state index is -1.89. The summed E-state index contributed by atoms with van der Waals surface area (Å²) in [7, 11) is 0. The summed E-state index contributed by atoms with van der Waals surface area (Å²) in [5, 5.41) is 32.4. The standard InChI is InChI=1S/C33H30ClN5O7/c1-18(40)22-9-5-6-10-23(22)20-13-11-19(12-14-20)15-33(31(43)44,21-7-3-2-4-8-21)45-16-24-26(41)27(42)30(46-24)39-17-36-25-28(35)37-32(34)38-29(25)39/h2-14,17,24,26-27,30,41-42H,15-16H2,1H3,(H,43,44)(H2,35,37,38)/t24-,26-,27-,30-,33?/m1/s1. The molecule has 5 N–H and O–H groups in total. The van der Waals surface area contributed by atoms with E-state index < -0.39 is 36.1 Å². The molecule has 0 saturated carbocycles. The van der Waals surface area contributed by atoms with Gasteiger partial charge in [0, 0.05) is 12.0 Å². The maximum absolute atomic E-state index is 13.1. The van der Waals surface area contributed by atoms with E-state index in [2.05, 4.69) is 15.0 Å². The van der Waals surface area contributed by atoms with E-state index in [4.69, 9.17) is 26.8 Å². The molecule has 0 aliphatic carbocycles. The van der Waals surface area contributed by atoms with Crippen LogP contribution in [0.4, 0.5) is 5.82 Å². The molecule has 1 aliphatic heterocycles. The van der Waals surface area contributed by atoms with Crippen LogP contribution in [0, 0.1) is 0 Å². The van der Waals surface area contributed by atoms with Gasteiger partial charge in [-0.1, -0.05) is 78.9 Å². The molecule has 1 fully saturated rings. The summed E-state index contributed by atoms with van der Waals surface area (Å²) >= 11 is 5.98. The van der Waals surface area contributed by atoms with Crippen molar-refractivity contribution in [1.29, 1.82) is 0 Å². The van der Waals surface area contributed by atoms with E-state index in [-0.39, 0.29) is 41.1 Å². The fraction of sp³-hybridized carbons (Fsp3) is 0.242. The van der Waals surface area contributed by atoms with Gasteiger partial charge in [0.2, 0.25) is 5.28 Å². The number of rotatable bonds is 10.